The first-order chi connectivity index (χ1) is 14.2. The van der Waals surface area contributed by atoms with Crippen LogP contribution >= 0.6 is 0 Å². The highest BCUT2D eigenvalue weighted by Gasteiger charge is 2.24. The summed E-state index contributed by atoms with van der Waals surface area (Å²) in [4.78, 5) is 1.48. The molecule has 1 aliphatic heterocycles. The first kappa shape index (κ1) is 21.6. The minimum absolute atomic E-state index is 0.352. The van der Waals surface area contributed by atoms with Crippen molar-refractivity contribution >= 4 is 0 Å². The highest BCUT2D eigenvalue weighted by molar-refractivity contribution is 5.42. The van der Waals surface area contributed by atoms with Crippen molar-refractivity contribution in [1.82, 2.24) is 0 Å². The molecule has 1 fully saturated rings. The van der Waals surface area contributed by atoms with Gasteiger partial charge in [-0.05, 0) is 48.4 Å². The number of methoxy groups -OCH3 is 2. The zero-order valence-corrected chi connectivity index (χ0v) is 17.6. The molecule has 0 unspecified atom stereocenters. The van der Waals surface area contributed by atoms with Gasteiger partial charge in [-0.3, -0.25) is 0 Å². The molecule has 0 spiro atoms. The Kier molecular flexibility index (Phi) is 8.35. The molecule has 0 aliphatic carbocycles. The van der Waals surface area contributed by atoms with Gasteiger partial charge in [0, 0.05) is 0 Å². The smallest absolute Gasteiger partial charge is 0.161 e. The van der Waals surface area contributed by atoms with E-state index in [1.807, 2.05) is 18.2 Å². The van der Waals surface area contributed by atoms with Gasteiger partial charge in [0.15, 0.2) is 11.5 Å². The average Bonchev–Trinajstić information content (AvgIpc) is 2.75. The number of aliphatic hydroxyl groups is 1. The Hall–Kier alpha value is -2.08. The van der Waals surface area contributed by atoms with Gasteiger partial charge < -0.3 is 24.2 Å². The second-order valence-corrected chi connectivity index (χ2v) is 7.95. The SMILES string of the molecule is COc1ccc(COC[C@H](O)C[NH+]2CCC(Cc3ccccc3)CC2)cc1OC. The molecule has 0 amide bonds. The highest BCUT2D eigenvalue weighted by Crippen LogP contribution is 2.27. The van der Waals surface area contributed by atoms with E-state index >= 15 is 0 Å². The molecule has 1 heterocycles. The summed E-state index contributed by atoms with van der Waals surface area (Å²) in [5.41, 5.74) is 2.44. The molecule has 0 bridgehead atoms. The van der Waals surface area contributed by atoms with Crippen molar-refractivity contribution in [1.29, 1.82) is 0 Å². The quantitative estimate of drug-likeness (QED) is 0.642. The molecule has 1 atom stereocenters. The van der Waals surface area contributed by atoms with E-state index < -0.39 is 6.10 Å². The lowest BCUT2D eigenvalue weighted by Gasteiger charge is -2.30. The molecule has 29 heavy (non-hydrogen) atoms. The predicted octanol–water partition coefficient (Wildman–Crippen LogP) is 2.12. The van der Waals surface area contributed by atoms with Gasteiger partial charge in [0.05, 0.1) is 40.5 Å². The maximum absolute atomic E-state index is 10.4. The molecule has 5 nitrogen and oxygen atoms in total. The van der Waals surface area contributed by atoms with E-state index in [2.05, 4.69) is 30.3 Å². The number of nitrogens with one attached hydrogen (secondary N) is 1. The van der Waals surface area contributed by atoms with Crippen LogP contribution in [0.2, 0.25) is 0 Å². The first-order valence-electron chi connectivity index (χ1n) is 10.5. The summed E-state index contributed by atoms with van der Waals surface area (Å²) < 4.78 is 16.3. The van der Waals surface area contributed by atoms with Gasteiger partial charge in [-0.2, -0.15) is 0 Å². The van der Waals surface area contributed by atoms with Crippen molar-refractivity contribution in [2.45, 2.75) is 32.0 Å². The number of hydrogen-bond acceptors (Lipinski definition) is 4. The van der Waals surface area contributed by atoms with Gasteiger partial charge in [0.1, 0.15) is 12.6 Å². The third-order valence-corrected chi connectivity index (χ3v) is 5.73. The topological polar surface area (TPSA) is 52.4 Å². The van der Waals surface area contributed by atoms with Crippen molar-refractivity contribution in [3.8, 4) is 11.5 Å². The van der Waals surface area contributed by atoms with Crippen LogP contribution in [0.5, 0.6) is 11.5 Å². The van der Waals surface area contributed by atoms with Gasteiger partial charge in [-0.1, -0.05) is 36.4 Å². The van der Waals surface area contributed by atoms with Crippen LogP contribution in [0.4, 0.5) is 0 Å². The lowest BCUT2D eigenvalue weighted by Crippen LogP contribution is -3.14. The van der Waals surface area contributed by atoms with Gasteiger partial charge in [0.2, 0.25) is 0 Å². The summed E-state index contributed by atoms with van der Waals surface area (Å²) in [5, 5.41) is 10.4. The zero-order chi connectivity index (χ0) is 20.5. The van der Waals surface area contributed by atoms with Gasteiger partial charge in [0.25, 0.3) is 0 Å². The summed E-state index contributed by atoms with van der Waals surface area (Å²) >= 11 is 0. The summed E-state index contributed by atoms with van der Waals surface area (Å²) in [6.45, 7) is 3.82. The fourth-order valence-electron chi connectivity index (χ4n) is 4.12. The van der Waals surface area contributed by atoms with Crippen LogP contribution in [0.15, 0.2) is 48.5 Å². The number of benzene rings is 2. The van der Waals surface area contributed by atoms with E-state index in [0.717, 1.165) is 31.1 Å². The van der Waals surface area contributed by atoms with E-state index in [1.54, 1.807) is 14.2 Å². The van der Waals surface area contributed by atoms with Crippen molar-refractivity contribution in [3.05, 3.63) is 59.7 Å². The largest absolute Gasteiger partial charge is 0.493 e. The third-order valence-electron chi connectivity index (χ3n) is 5.73. The number of ether oxygens (including phenoxy) is 3. The van der Waals surface area contributed by atoms with Crippen molar-refractivity contribution < 1.29 is 24.2 Å². The fourth-order valence-corrected chi connectivity index (χ4v) is 4.12. The van der Waals surface area contributed by atoms with Gasteiger partial charge in [-0.15, -0.1) is 0 Å². The van der Waals surface area contributed by atoms with Crippen LogP contribution in [0, 0.1) is 5.92 Å². The fraction of sp³-hybridized carbons (Fsp3) is 0.500. The maximum Gasteiger partial charge on any atom is 0.161 e. The number of hydrogen-bond donors (Lipinski definition) is 2. The lowest BCUT2D eigenvalue weighted by atomic mass is 9.90. The normalized spacial score (nSPS) is 20.2. The summed E-state index contributed by atoms with van der Waals surface area (Å²) in [6, 6.07) is 16.5. The highest BCUT2D eigenvalue weighted by atomic mass is 16.5. The number of likely N-dealkylation sites (tertiary alicyclic amines) is 1. The second-order valence-electron chi connectivity index (χ2n) is 7.95. The maximum atomic E-state index is 10.4. The summed E-state index contributed by atoms with van der Waals surface area (Å²) in [5.74, 6) is 2.16. The van der Waals surface area contributed by atoms with Crippen LogP contribution in [0.25, 0.3) is 0 Å². The molecule has 3 rings (SSSR count). The van der Waals surface area contributed by atoms with Crippen LogP contribution in [-0.4, -0.2) is 51.7 Å². The number of rotatable bonds is 10. The van der Waals surface area contributed by atoms with Crippen LogP contribution in [-0.2, 0) is 17.8 Å². The summed E-state index contributed by atoms with van der Waals surface area (Å²) in [7, 11) is 3.25. The molecule has 0 aromatic heterocycles. The van der Waals surface area contributed by atoms with Crippen molar-refractivity contribution in [2.24, 2.45) is 5.92 Å². The molecule has 1 saturated heterocycles. The lowest BCUT2D eigenvalue weighted by molar-refractivity contribution is -0.909. The van der Waals surface area contributed by atoms with Crippen molar-refractivity contribution in [2.75, 3.05) is 40.5 Å². The number of quaternary nitrogens is 1. The van der Waals surface area contributed by atoms with Crippen molar-refractivity contribution in [3.63, 3.8) is 0 Å². The van der Waals surface area contributed by atoms with Crippen LogP contribution in [0.1, 0.15) is 24.0 Å². The molecule has 5 heteroatoms. The monoisotopic (exact) mass is 400 g/mol. The predicted molar refractivity (Wildman–Crippen MR) is 114 cm³/mol. The number of piperidine rings is 1. The molecular formula is C24H34NO4+. The molecular weight excluding hydrogens is 366 g/mol. The minimum atomic E-state index is -0.434. The molecule has 2 aromatic rings. The Morgan fingerprint density at radius 2 is 1.69 bits per heavy atom. The minimum Gasteiger partial charge on any atom is -0.493 e. The molecule has 2 aromatic carbocycles. The molecule has 1 aliphatic rings. The molecule has 158 valence electrons. The zero-order valence-electron chi connectivity index (χ0n) is 17.6. The van der Waals surface area contributed by atoms with Gasteiger partial charge in [-0.25, -0.2) is 0 Å². The van der Waals surface area contributed by atoms with E-state index in [1.165, 1.54) is 29.7 Å². The first-order valence-corrected chi connectivity index (χ1v) is 10.5. The third kappa shape index (κ3) is 6.74. The standard InChI is InChI=1S/C24H33NO4/c1-27-23-9-8-21(15-24(23)28-2)17-29-18-22(26)16-25-12-10-20(11-13-25)14-19-6-4-3-5-7-19/h3-9,15,20,22,26H,10-14,16-18H2,1-2H3/p+1/t22-/m1/s1. The van der Waals surface area contributed by atoms with E-state index in [4.69, 9.17) is 14.2 Å². The van der Waals surface area contributed by atoms with Gasteiger partial charge >= 0.3 is 0 Å². The second kappa shape index (κ2) is 11.2. The Labute approximate surface area is 174 Å². The molecule has 0 saturated carbocycles. The van der Waals surface area contributed by atoms with E-state index in [9.17, 15) is 5.11 Å². The Bertz CT molecular complexity index is 729. The number of aliphatic hydroxyl groups excluding tert-OH is 1. The van der Waals surface area contributed by atoms with Crippen LogP contribution < -0.4 is 14.4 Å². The Morgan fingerprint density at radius 3 is 2.38 bits per heavy atom. The van der Waals surface area contributed by atoms with Crippen LogP contribution in [0.3, 0.4) is 0 Å². The Morgan fingerprint density at radius 1 is 0.966 bits per heavy atom. The summed E-state index contributed by atoms with van der Waals surface area (Å²) in [6.07, 6.45) is 3.19. The van der Waals surface area contributed by atoms with E-state index in [0.29, 0.717) is 24.7 Å². The average molecular weight is 401 g/mol. The van der Waals surface area contributed by atoms with E-state index in [-0.39, 0.29) is 0 Å². The molecule has 2 N–H and O–H groups in total. The molecule has 0 radical (unpaired) electrons. The Balaban J connectivity index is 1.34.